The number of ether oxygens (including phenoxy) is 2. The number of esters is 1. The van der Waals surface area contributed by atoms with Crippen molar-refractivity contribution in [2.75, 3.05) is 32.6 Å². The Kier molecular flexibility index (Phi) is 7.58. The molecule has 2 aromatic rings. The average molecular weight is 347 g/mol. The number of rotatable bonds is 9. The third-order valence-corrected chi connectivity index (χ3v) is 4.26. The quantitative estimate of drug-likeness (QED) is 0.429. The lowest BCUT2D eigenvalue weighted by atomic mass is 10.1. The summed E-state index contributed by atoms with van der Waals surface area (Å²) in [5.41, 5.74) is 0. The molecule has 1 amide bonds. The number of carbonyl (C=O) groups excluding carboxylic acids is 2. The second-order valence-electron chi connectivity index (χ2n) is 5.15. The van der Waals surface area contributed by atoms with Crippen molar-refractivity contribution >= 4 is 34.4 Å². The Bertz CT molecular complexity index is 690. The third kappa shape index (κ3) is 6.22. The Morgan fingerprint density at radius 1 is 1.12 bits per heavy atom. The maximum atomic E-state index is 11.7. The van der Waals surface area contributed by atoms with E-state index in [1.54, 1.807) is 7.11 Å². The molecule has 2 rings (SSSR count). The van der Waals surface area contributed by atoms with Gasteiger partial charge in [0.1, 0.15) is 0 Å². The molecule has 2 aromatic carbocycles. The Morgan fingerprint density at radius 3 is 2.71 bits per heavy atom. The van der Waals surface area contributed by atoms with Gasteiger partial charge in [-0.05, 0) is 29.3 Å². The second kappa shape index (κ2) is 9.95. The van der Waals surface area contributed by atoms with Gasteiger partial charge in [0.25, 0.3) is 5.91 Å². The van der Waals surface area contributed by atoms with Gasteiger partial charge in [-0.25, -0.2) is 0 Å². The number of nitrogens with one attached hydrogen (secondary N) is 1. The molecular formula is C18H21NO4S. The summed E-state index contributed by atoms with van der Waals surface area (Å²) in [6.07, 6.45) is 0.730. The highest BCUT2D eigenvalue weighted by atomic mass is 32.2. The van der Waals surface area contributed by atoms with Crippen LogP contribution in [0.5, 0.6) is 0 Å². The lowest BCUT2D eigenvalue weighted by Crippen LogP contribution is -2.30. The third-order valence-electron chi connectivity index (χ3n) is 3.29. The molecule has 6 heteroatoms. The van der Waals surface area contributed by atoms with E-state index < -0.39 is 5.97 Å². The van der Waals surface area contributed by atoms with Gasteiger partial charge in [0.05, 0.1) is 5.75 Å². The van der Waals surface area contributed by atoms with Crippen molar-refractivity contribution in [3.05, 3.63) is 42.5 Å². The van der Waals surface area contributed by atoms with Crippen LogP contribution >= 0.6 is 11.8 Å². The fraction of sp³-hybridized carbons (Fsp3) is 0.333. The summed E-state index contributed by atoms with van der Waals surface area (Å²) in [6.45, 7) is 0.850. The standard InChI is InChI=1S/C18H21NO4S/c1-22-10-4-9-19-17(20)12-23-18(21)13-24-16-8-7-14-5-2-3-6-15(14)11-16/h2-3,5-8,11H,4,9-10,12-13H2,1H3,(H,19,20). The van der Waals surface area contributed by atoms with Gasteiger partial charge in [-0.2, -0.15) is 0 Å². The van der Waals surface area contributed by atoms with Gasteiger partial charge in [-0.1, -0.05) is 30.3 Å². The van der Waals surface area contributed by atoms with Gasteiger partial charge in [0.15, 0.2) is 6.61 Å². The Hall–Kier alpha value is -2.05. The highest BCUT2D eigenvalue weighted by Crippen LogP contribution is 2.23. The van der Waals surface area contributed by atoms with Crippen LogP contribution in [0.3, 0.4) is 0 Å². The molecular weight excluding hydrogens is 326 g/mol. The minimum atomic E-state index is -0.403. The summed E-state index contributed by atoms with van der Waals surface area (Å²) in [4.78, 5) is 24.2. The van der Waals surface area contributed by atoms with Crippen LogP contribution in [0.1, 0.15) is 6.42 Å². The molecule has 24 heavy (non-hydrogen) atoms. The zero-order chi connectivity index (χ0) is 17.2. The molecule has 0 saturated heterocycles. The van der Waals surface area contributed by atoms with Gasteiger partial charge in [-0.3, -0.25) is 9.59 Å². The zero-order valence-corrected chi connectivity index (χ0v) is 14.4. The molecule has 0 bridgehead atoms. The molecule has 0 aromatic heterocycles. The molecule has 0 heterocycles. The van der Waals surface area contributed by atoms with E-state index in [1.165, 1.54) is 11.8 Å². The van der Waals surface area contributed by atoms with Crippen LogP contribution in [0.4, 0.5) is 0 Å². The van der Waals surface area contributed by atoms with Crippen LogP contribution in [-0.4, -0.2) is 44.5 Å². The number of thioether (sulfide) groups is 1. The largest absolute Gasteiger partial charge is 0.455 e. The van der Waals surface area contributed by atoms with E-state index in [0.29, 0.717) is 13.2 Å². The molecule has 1 N–H and O–H groups in total. The minimum Gasteiger partial charge on any atom is -0.455 e. The van der Waals surface area contributed by atoms with Gasteiger partial charge >= 0.3 is 5.97 Å². The van der Waals surface area contributed by atoms with Crippen LogP contribution in [0.25, 0.3) is 10.8 Å². The van der Waals surface area contributed by atoms with Crippen LogP contribution < -0.4 is 5.32 Å². The number of benzene rings is 2. The summed E-state index contributed by atoms with van der Waals surface area (Å²) in [5.74, 6) is -0.523. The highest BCUT2D eigenvalue weighted by Gasteiger charge is 2.08. The molecule has 0 saturated carbocycles. The van der Waals surface area contributed by atoms with Gasteiger partial charge < -0.3 is 14.8 Å². The molecule has 0 aliphatic rings. The Labute approximate surface area is 145 Å². The van der Waals surface area contributed by atoms with Crippen molar-refractivity contribution in [1.29, 1.82) is 0 Å². The van der Waals surface area contributed by atoms with Crippen molar-refractivity contribution in [3.63, 3.8) is 0 Å². The zero-order valence-electron chi connectivity index (χ0n) is 13.6. The molecule has 0 atom stereocenters. The van der Waals surface area contributed by atoms with E-state index in [9.17, 15) is 9.59 Å². The number of fused-ring (bicyclic) bond motifs is 1. The molecule has 0 fully saturated rings. The lowest BCUT2D eigenvalue weighted by Gasteiger charge is -2.07. The van der Waals surface area contributed by atoms with Crippen LogP contribution in [-0.2, 0) is 19.1 Å². The monoisotopic (exact) mass is 347 g/mol. The first-order valence-corrected chi connectivity index (χ1v) is 8.70. The molecule has 0 unspecified atom stereocenters. The second-order valence-corrected chi connectivity index (χ2v) is 6.20. The van der Waals surface area contributed by atoms with E-state index in [2.05, 4.69) is 5.32 Å². The summed E-state index contributed by atoms with van der Waals surface area (Å²) in [7, 11) is 1.61. The first kappa shape index (κ1) is 18.3. The van der Waals surface area contributed by atoms with E-state index in [4.69, 9.17) is 9.47 Å². The predicted molar refractivity (Wildman–Crippen MR) is 95.1 cm³/mol. The summed E-state index contributed by atoms with van der Waals surface area (Å²) in [6, 6.07) is 14.1. The smallest absolute Gasteiger partial charge is 0.316 e. The van der Waals surface area contributed by atoms with Crippen molar-refractivity contribution in [2.24, 2.45) is 0 Å². The number of methoxy groups -OCH3 is 1. The molecule has 5 nitrogen and oxygen atoms in total. The highest BCUT2D eigenvalue weighted by molar-refractivity contribution is 8.00. The normalized spacial score (nSPS) is 10.5. The van der Waals surface area contributed by atoms with Gasteiger partial charge in [-0.15, -0.1) is 11.8 Å². The van der Waals surface area contributed by atoms with E-state index in [0.717, 1.165) is 22.1 Å². The first-order valence-electron chi connectivity index (χ1n) is 7.72. The van der Waals surface area contributed by atoms with Gasteiger partial charge in [0.2, 0.25) is 0 Å². The van der Waals surface area contributed by atoms with Crippen LogP contribution in [0.15, 0.2) is 47.4 Å². The van der Waals surface area contributed by atoms with Crippen molar-refractivity contribution in [2.45, 2.75) is 11.3 Å². The Balaban J connectivity index is 1.69. The fourth-order valence-corrected chi connectivity index (χ4v) is 2.82. The van der Waals surface area contributed by atoms with E-state index in [1.807, 2.05) is 42.5 Å². The summed E-state index contributed by atoms with van der Waals surface area (Å²) in [5, 5.41) is 4.96. The first-order chi connectivity index (χ1) is 11.7. The predicted octanol–water partition coefficient (Wildman–Crippen LogP) is 2.63. The lowest BCUT2D eigenvalue weighted by molar-refractivity contribution is -0.145. The molecule has 128 valence electrons. The number of hydrogen-bond donors (Lipinski definition) is 1. The molecule has 0 aliphatic carbocycles. The van der Waals surface area contributed by atoms with Gasteiger partial charge in [0, 0.05) is 25.2 Å². The average Bonchev–Trinajstić information content (AvgIpc) is 2.61. The molecule has 0 aliphatic heterocycles. The number of hydrogen-bond acceptors (Lipinski definition) is 5. The number of amides is 1. The topological polar surface area (TPSA) is 64.6 Å². The van der Waals surface area contributed by atoms with Crippen molar-refractivity contribution < 1.29 is 19.1 Å². The summed E-state index contributed by atoms with van der Waals surface area (Å²) >= 11 is 1.40. The maximum absolute atomic E-state index is 11.7. The molecule has 0 radical (unpaired) electrons. The molecule has 0 spiro atoms. The van der Waals surface area contributed by atoms with Crippen LogP contribution in [0, 0.1) is 0 Å². The fourth-order valence-electron chi connectivity index (χ4n) is 2.08. The van der Waals surface area contributed by atoms with Crippen molar-refractivity contribution in [3.8, 4) is 0 Å². The maximum Gasteiger partial charge on any atom is 0.316 e. The Morgan fingerprint density at radius 2 is 1.92 bits per heavy atom. The number of carbonyl (C=O) groups is 2. The van der Waals surface area contributed by atoms with E-state index >= 15 is 0 Å². The van der Waals surface area contributed by atoms with E-state index in [-0.39, 0.29) is 18.3 Å². The summed E-state index contributed by atoms with van der Waals surface area (Å²) < 4.78 is 9.85. The van der Waals surface area contributed by atoms with Crippen molar-refractivity contribution in [1.82, 2.24) is 5.32 Å². The van der Waals surface area contributed by atoms with Crippen LogP contribution in [0.2, 0.25) is 0 Å². The minimum absolute atomic E-state index is 0.176. The SMILES string of the molecule is COCCCNC(=O)COC(=O)CSc1ccc2ccccc2c1.